The molecule has 0 heterocycles. The lowest BCUT2D eigenvalue weighted by Crippen LogP contribution is -2.12. The standard InChI is InChI=1S/C13H17NO/c1-9-7-12(15)11(13(2,3)4)8-10(9)5-6-14/h7-8,15H,5H2,1-4H3. The van der Waals surface area contributed by atoms with Gasteiger partial charge in [0, 0.05) is 0 Å². The molecule has 0 amide bonds. The van der Waals surface area contributed by atoms with E-state index in [0.29, 0.717) is 12.2 Å². The van der Waals surface area contributed by atoms with Crippen molar-refractivity contribution in [2.75, 3.05) is 0 Å². The number of nitriles is 1. The normalized spacial score (nSPS) is 11.1. The quantitative estimate of drug-likeness (QED) is 0.762. The summed E-state index contributed by atoms with van der Waals surface area (Å²) in [5.41, 5.74) is 2.78. The molecule has 0 saturated heterocycles. The van der Waals surface area contributed by atoms with E-state index in [-0.39, 0.29) is 5.41 Å². The predicted molar refractivity (Wildman–Crippen MR) is 60.9 cm³/mol. The molecule has 0 fully saturated rings. The van der Waals surface area contributed by atoms with Gasteiger partial charge in [-0.05, 0) is 35.1 Å². The van der Waals surface area contributed by atoms with Crippen molar-refractivity contribution in [2.45, 2.75) is 39.5 Å². The molecule has 15 heavy (non-hydrogen) atoms. The Kier molecular flexibility index (Phi) is 3.04. The van der Waals surface area contributed by atoms with Crippen LogP contribution >= 0.6 is 0 Å². The van der Waals surface area contributed by atoms with E-state index in [1.54, 1.807) is 6.07 Å². The summed E-state index contributed by atoms with van der Waals surface area (Å²) in [6.07, 6.45) is 0.398. The third-order valence-electron chi connectivity index (χ3n) is 2.53. The molecule has 0 aliphatic rings. The van der Waals surface area contributed by atoms with E-state index in [9.17, 15) is 5.11 Å². The van der Waals surface area contributed by atoms with Crippen LogP contribution in [0.5, 0.6) is 5.75 Å². The lowest BCUT2D eigenvalue weighted by atomic mass is 9.84. The molecule has 0 aromatic heterocycles. The summed E-state index contributed by atoms with van der Waals surface area (Å²) in [6, 6.07) is 5.82. The van der Waals surface area contributed by atoms with E-state index in [1.165, 1.54) is 0 Å². The fourth-order valence-corrected chi connectivity index (χ4v) is 1.61. The lowest BCUT2D eigenvalue weighted by molar-refractivity contribution is 0.446. The minimum atomic E-state index is -0.0952. The first kappa shape index (κ1) is 11.6. The molecule has 2 heteroatoms. The third-order valence-corrected chi connectivity index (χ3v) is 2.53. The molecule has 1 aromatic carbocycles. The largest absolute Gasteiger partial charge is 0.508 e. The van der Waals surface area contributed by atoms with Crippen LogP contribution in [0.2, 0.25) is 0 Å². The molecule has 0 atom stereocenters. The fraction of sp³-hybridized carbons (Fsp3) is 0.462. The highest BCUT2D eigenvalue weighted by molar-refractivity contribution is 5.45. The number of nitrogens with zero attached hydrogens (tertiary/aromatic N) is 1. The molecule has 0 radical (unpaired) electrons. The zero-order chi connectivity index (χ0) is 11.6. The minimum Gasteiger partial charge on any atom is -0.508 e. The van der Waals surface area contributed by atoms with E-state index < -0.39 is 0 Å². The van der Waals surface area contributed by atoms with Crippen LogP contribution in [0.25, 0.3) is 0 Å². The third kappa shape index (κ3) is 2.50. The molecular formula is C13H17NO. The number of hydrogen-bond acceptors (Lipinski definition) is 2. The second-order valence-corrected chi connectivity index (χ2v) is 4.88. The molecule has 1 N–H and O–H groups in total. The lowest BCUT2D eigenvalue weighted by Gasteiger charge is -2.21. The molecule has 1 rings (SSSR count). The van der Waals surface area contributed by atoms with Gasteiger partial charge in [0.25, 0.3) is 0 Å². The Morgan fingerprint density at radius 2 is 1.93 bits per heavy atom. The molecule has 0 aliphatic carbocycles. The maximum atomic E-state index is 9.84. The van der Waals surface area contributed by atoms with Crippen molar-refractivity contribution in [1.29, 1.82) is 5.26 Å². The van der Waals surface area contributed by atoms with Gasteiger partial charge in [0.15, 0.2) is 0 Å². The zero-order valence-electron chi connectivity index (χ0n) is 9.76. The van der Waals surface area contributed by atoms with Crippen LogP contribution in [-0.2, 0) is 11.8 Å². The molecule has 0 unspecified atom stereocenters. The molecule has 2 nitrogen and oxygen atoms in total. The summed E-state index contributed by atoms with van der Waals surface area (Å²) in [6.45, 7) is 8.06. The van der Waals surface area contributed by atoms with Crippen molar-refractivity contribution in [3.8, 4) is 11.8 Å². The number of phenols is 1. The first-order valence-electron chi connectivity index (χ1n) is 5.06. The average Bonchev–Trinajstić information content (AvgIpc) is 2.07. The predicted octanol–water partition coefficient (Wildman–Crippen LogP) is 3.06. The van der Waals surface area contributed by atoms with Crippen molar-refractivity contribution in [2.24, 2.45) is 0 Å². The SMILES string of the molecule is Cc1cc(O)c(C(C)(C)C)cc1CC#N. The first-order chi connectivity index (χ1) is 6.86. The van der Waals surface area contributed by atoms with Gasteiger partial charge < -0.3 is 5.11 Å². The summed E-state index contributed by atoms with van der Waals surface area (Å²) >= 11 is 0. The van der Waals surface area contributed by atoms with Crippen molar-refractivity contribution in [3.63, 3.8) is 0 Å². The second-order valence-electron chi connectivity index (χ2n) is 4.88. The summed E-state index contributed by atoms with van der Waals surface area (Å²) in [5.74, 6) is 0.321. The number of aromatic hydroxyl groups is 1. The summed E-state index contributed by atoms with van der Waals surface area (Å²) in [4.78, 5) is 0. The highest BCUT2D eigenvalue weighted by atomic mass is 16.3. The second kappa shape index (κ2) is 3.94. The maximum Gasteiger partial charge on any atom is 0.119 e. The number of hydrogen-bond donors (Lipinski definition) is 1. The van der Waals surface area contributed by atoms with Crippen LogP contribution in [0.3, 0.4) is 0 Å². The van der Waals surface area contributed by atoms with E-state index in [1.807, 2.05) is 33.8 Å². The average molecular weight is 203 g/mol. The van der Waals surface area contributed by atoms with Gasteiger partial charge in [-0.3, -0.25) is 0 Å². The molecule has 0 bridgehead atoms. The number of benzene rings is 1. The van der Waals surface area contributed by atoms with E-state index in [4.69, 9.17) is 5.26 Å². The van der Waals surface area contributed by atoms with Gasteiger partial charge >= 0.3 is 0 Å². The Hall–Kier alpha value is -1.49. The molecule has 80 valence electrons. The van der Waals surface area contributed by atoms with Crippen LogP contribution < -0.4 is 0 Å². The van der Waals surface area contributed by atoms with Gasteiger partial charge in [0.1, 0.15) is 5.75 Å². The molecule has 1 aromatic rings. The molecule has 0 aliphatic heterocycles. The van der Waals surface area contributed by atoms with Crippen LogP contribution in [0.4, 0.5) is 0 Å². The molecule has 0 spiro atoms. The van der Waals surface area contributed by atoms with Crippen molar-refractivity contribution in [1.82, 2.24) is 0 Å². The van der Waals surface area contributed by atoms with Gasteiger partial charge in [0.2, 0.25) is 0 Å². The van der Waals surface area contributed by atoms with Gasteiger partial charge in [-0.2, -0.15) is 5.26 Å². The Bertz CT molecular complexity index is 408. The Balaban J connectivity index is 3.31. The van der Waals surface area contributed by atoms with Crippen LogP contribution in [0.15, 0.2) is 12.1 Å². The number of aryl methyl sites for hydroxylation is 1. The Morgan fingerprint density at radius 1 is 1.33 bits per heavy atom. The Morgan fingerprint density at radius 3 is 2.40 bits per heavy atom. The van der Waals surface area contributed by atoms with Crippen molar-refractivity contribution >= 4 is 0 Å². The zero-order valence-corrected chi connectivity index (χ0v) is 9.76. The minimum absolute atomic E-state index is 0.0952. The van der Waals surface area contributed by atoms with Crippen LogP contribution in [0, 0.1) is 18.3 Å². The van der Waals surface area contributed by atoms with Crippen LogP contribution in [0.1, 0.15) is 37.5 Å². The van der Waals surface area contributed by atoms with E-state index >= 15 is 0 Å². The van der Waals surface area contributed by atoms with Crippen LogP contribution in [-0.4, -0.2) is 5.11 Å². The summed E-state index contributed by atoms with van der Waals surface area (Å²) in [5, 5.41) is 18.5. The van der Waals surface area contributed by atoms with Gasteiger partial charge in [0.05, 0.1) is 12.5 Å². The maximum absolute atomic E-state index is 9.84. The van der Waals surface area contributed by atoms with E-state index in [2.05, 4.69) is 6.07 Å². The topological polar surface area (TPSA) is 44.0 Å². The molecule has 0 saturated carbocycles. The summed E-state index contributed by atoms with van der Waals surface area (Å²) in [7, 11) is 0. The summed E-state index contributed by atoms with van der Waals surface area (Å²) < 4.78 is 0. The van der Waals surface area contributed by atoms with Crippen molar-refractivity contribution in [3.05, 3.63) is 28.8 Å². The van der Waals surface area contributed by atoms with Crippen molar-refractivity contribution < 1.29 is 5.11 Å². The van der Waals surface area contributed by atoms with Gasteiger partial charge in [-0.1, -0.05) is 26.8 Å². The Labute approximate surface area is 91.2 Å². The monoisotopic (exact) mass is 203 g/mol. The molecular weight excluding hydrogens is 186 g/mol. The van der Waals surface area contributed by atoms with E-state index in [0.717, 1.165) is 16.7 Å². The fourth-order valence-electron chi connectivity index (χ4n) is 1.61. The number of rotatable bonds is 1. The highest BCUT2D eigenvalue weighted by Gasteiger charge is 2.19. The highest BCUT2D eigenvalue weighted by Crippen LogP contribution is 2.32. The first-order valence-corrected chi connectivity index (χ1v) is 5.06. The van der Waals surface area contributed by atoms with Gasteiger partial charge in [-0.25, -0.2) is 0 Å². The van der Waals surface area contributed by atoms with Gasteiger partial charge in [-0.15, -0.1) is 0 Å². The number of phenolic OH excluding ortho intramolecular Hbond substituents is 1. The smallest absolute Gasteiger partial charge is 0.119 e.